The third-order valence-corrected chi connectivity index (χ3v) is 4.90. The summed E-state index contributed by atoms with van der Waals surface area (Å²) < 4.78 is 44.8. The highest BCUT2D eigenvalue weighted by Crippen LogP contribution is 2.33. The van der Waals surface area contributed by atoms with Crippen molar-refractivity contribution in [2.75, 3.05) is 19.3 Å². The molecule has 0 radical (unpaired) electrons. The number of hydrogen-bond acceptors (Lipinski definition) is 4. The maximum atomic E-state index is 13.7. The summed E-state index contributed by atoms with van der Waals surface area (Å²) in [5.74, 6) is -0.482. The number of nitrogens with two attached hydrogens (primary N) is 1. The number of rotatable bonds is 4. The van der Waals surface area contributed by atoms with E-state index in [9.17, 15) is 17.6 Å². The minimum Gasteiger partial charge on any atom is -0.490 e. The molecule has 0 spiro atoms. The van der Waals surface area contributed by atoms with Gasteiger partial charge in [0.2, 0.25) is 0 Å². The van der Waals surface area contributed by atoms with E-state index in [0.717, 1.165) is 18.2 Å². The fourth-order valence-electron chi connectivity index (χ4n) is 2.94. The highest BCUT2D eigenvalue weighted by Gasteiger charge is 2.27. The number of nitrogens with zero attached hydrogens (tertiary/aromatic N) is 3. The summed E-state index contributed by atoms with van der Waals surface area (Å²) in [6.45, 7) is 6.80. The van der Waals surface area contributed by atoms with Gasteiger partial charge >= 0.3 is 0 Å². The van der Waals surface area contributed by atoms with Gasteiger partial charge in [0.25, 0.3) is 15.9 Å². The largest absolute Gasteiger partial charge is 0.490 e. The monoisotopic (exact) mass is 426 g/mol. The van der Waals surface area contributed by atoms with Crippen LogP contribution < -0.4 is 10.5 Å². The van der Waals surface area contributed by atoms with Crippen LogP contribution in [0.4, 0.5) is 4.39 Å². The van der Waals surface area contributed by atoms with Crippen molar-refractivity contribution in [2.45, 2.75) is 45.1 Å². The van der Waals surface area contributed by atoms with Crippen LogP contribution in [0, 0.1) is 5.82 Å². The van der Waals surface area contributed by atoms with Crippen molar-refractivity contribution in [1.82, 2.24) is 4.90 Å². The lowest BCUT2D eigenvalue weighted by molar-refractivity contribution is -0.125. The molecule has 0 aromatic heterocycles. The first-order valence-electron chi connectivity index (χ1n) is 9.20. The van der Waals surface area contributed by atoms with Gasteiger partial charge in [0.15, 0.2) is 5.84 Å². The van der Waals surface area contributed by atoms with Crippen LogP contribution in [-0.2, 0) is 20.2 Å². The Hall–Kier alpha value is -2.49. The van der Waals surface area contributed by atoms with Gasteiger partial charge in [-0.3, -0.25) is 4.79 Å². The van der Waals surface area contributed by atoms with Gasteiger partial charge in [0.1, 0.15) is 24.0 Å². The van der Waals surface area contributed by atoms with Crippen molar-refractivity contribution in [1.29, 1.82) is 0 Å². The van der Waals surface area contributed by atoms with Gasteiger partial charge < -0.3 is 15.4 Å². The van der Waals surface area contributed by atoms with Gasteiger partial charge in [-0.1, -0.05) is 20.8 Å². The lowest BCUT2D eigenvalue weighted by Crippen LogP contribution is -2.46. The molecule has 1 fully saturated rings. The van der Waals surface area contributed by atoms with E-state index in [1.165, 1.54) is 17.0 Å². The standard InChI is InChI=1S/C19H27FN4O4S/c1-19(2,3)15-11-13(20)5-6-16(15)28-14-7-9-24(10-8-14)18(25)17(21)22-12-23-29(4,26)27/h5-6,11-12,14H,7-10H2,1-4H3,(H2,21,22,23). The van der Waals surface area contributed by atoms with Gasteiger partial charge in [0.05, 0.1) is 6.26 Å². The van der Waals surface area contributed by atoms with Crippen LogP contribution in [0.3, 0.4) is 0 Å². The molecule has 1 aliphatic heterocycles. The molecule has 160 valence electrons. The average Bonchev–Trinajstić information content (AvgIpc) is 2.61. The summed E-state index contributed by atoms with van der Waals surface area (Å²) in [5, 5.41) is 0. The molecule has 0 unspecified atom stereocenters. The molecule has 1 heterocycles. The average molecular weight is 427 g/mol. The zero-order valence-corrected chi connectivity index (χ0v) is 17.9. The minimum atomic E-state index is -3.58. The highest BCUT2D eigenvalue weighted by molar-refractivity contribution is 7.89. The molecule has 1 saturated heterocycles. The van der Waals surface area contributed by atoms with E-state index < -0.39 is 15.9 Å². The molecule has 1 aliphatic rings. The summed E-state index contributed by atoms with van der Waals surface area (Å²) in [6, 6.07) is 4.50. The van der Waals surface area contributed by atoms with Crippen LogP contribution in [0.5, 0.6) is 5.75 Å². The Morgan fingerprint density at radius 1 is 1.31 bits per heavy atom. The van der Waals surface area contributed by atoms with Crippen LogP contribution >= 0.6 is 0 Å². The number of aliphatic imine (C=N–C) groups is 1. The maximum Gasteiger partial charge on any atom is 0.289 e. The summed E-state index contributed by atoms with van der Waals surface area (Å²) >= 11 is 0. The van der Waals surface area contributed by atoms with Gasteiger partial charge in [-0.05, 0) is 23.6 Å². The summed E-state index contributed by atoms with van der Waals surface area (Å²) in [4.78, 5) is 17.4. The van der Waals surface area contributed by atoms with Gasteiger partial charge in [-0.2, -0.15) is 4.40 Å². The second kappa shape index (κ2) is 8.89. The highest BCUT2D eigenvalue weighted by atomic mass is 32.2. The Labute approximate surface area is 170 Å². The minimum absolute atomic E-state index is 0.115. The first-order valence-corrected chi connectivity index (χ1v) is 11.0. The molecule has 8 nitrogen and oxygen atoms in total. The number of hydrogen-bond donors (Lipinski definition) is 1. The molecule has 10 heteroatoms. The Morgan fingerprint density at radius 2 is 1.93 bits per heavy atom. The molecule has 0 bridgehead atoms. The first-order chi connectivity index (χ1) is 13.4. The number of ether oxygens (including phenoxy) is 1. The summed E-state index contributed by atoms with van der Waals surface area (Å²) in [5.41, 5.74) is 6.14. The van der Waals surface area contributed by atoms with E-state index in [0.29, 0.717) is 31.7 Å². The third kappa shape index (κ3) is 6.81. The smallest absolute Gasteiger partial charge is 0.289 e. The van der Waals surface area contributed by atoms with Gasteiger partial charge in [-0.25, -0.2) is 17.8 Å². The first kappa shape index (κ1) is 22.8. The molecule has 2 rings (SSSR count). The second-order valence-corrected chi connectivity index (χ2v) is 9.64. The topological polar surface area (TPSA) is 114 Å². The molecule has 0 saturated carbocycles. The maximum absolute atomic E-state index is 13.7. The van der Waals surface area contributed by atoms with Gasteiger partial charge in [0, 0.05) is 31.5 Å². The van der Waals surface area contributed by atoms with Crippen molar-refractivity contribution in [3.05, 3.63) is 29.6 Å². The van der Waals surface area contributed by atoms with Gasteiger partial charge in [-0.15, -0.1) is 0 Å². The van der Waals surface area contributed by atoms with E-state index in [2.05, 4.69) is 9.39 Å². The quantitative estimate of drug-likeness (QED) is 0.583. The Kier molecular flexibility index (Phi) is 6.99. The molecular weight excluding hydrogens is 399 g/mol. The molecule has 2 N–H and O–H groups in total. The lowest BCUT2D eigenvalue weighted by Gasteiger charge is -2.33. The Bertz CT molecular complexity index is 915. The number of carbonyl (C=O) groups excluding carboxylic acids is 1. The van der Waals surface area contributed by atoms with E-state index in [-0.39, 0.29) is 23.2 Å². The molecule has 29 heavy (non-hydrogen) atoms. The molecule has 0 atom stereocenters. The van der Waals surface area contributed by atoms with Crippen LogP contribution in [0.15, 0.2) is 27.6 Å². The zero-order chi connectivity index (χ0) is 21.8. The zero-order valence-electron chi connectivity index (χ0n) is 17.1. The number of piperidine rings is 1. The number of benzene rings is 1. The van der Waals surface area contributed by atoms with Crippen LogP contribution in [0.2, 0.25) is 0 Å². The number of carbonyl (C=O) groups is 1. The Morgan fingerprint density at radius 3 is 2.48 bits per heavy atom. The predicted molar refractivity (Wildman–Crippen MR) is 110 cm³/mol. The second-order valence-electron chi connectivity index (χ2n) is 7.97. The van der Waals surface area contributed by atoms with Crippen molar-refractivity contribution in [3.8, 4) is 5.75 Å². The summed E-state index contributed by atoms with van der Waals surface area (Å²) in [6.07, 6.45) is 2.71. The molecule has 1 amide bonds. The predicted octanol–water partition coefficient (Wildman–Crippen LogP) is 1.84. The van der Waals surface area contributed by atoms with Crippen molar-refractivity contribution >= 4 is 28.1 Å². The normalized spacial score (nSPS) is 17.0. The number of likely N-dealkylation sites (tertiary alicyclic amines) is 1. The number of sulfonamides is 1. The fraction of sp³-hybridized carbons (Fsp3) is 0.526. The summed E-state index contributed by atoms with van der Waals surface area (Å²) in [7, 11) is -3.58. The van der Waals surface area contributed by atoms with Crippen LogP contribution in [0.1, 0.15) is 39.2 Å². The number of amidine groups is 1. The lowest BCUT2D eigenvalue weighted by atomic mass is 9.86. The molecule has 1 aromatic rings. The SMILES string of the molecule is CC(C)(C)c1cc(F)ccc1OC1CCN(C(=O)C(N)=N/C=N/S(C)(=O)=O)CC1. The van der Waals surface area contributed by atoms with E-state index >= 15 is 0 Å². The van der Waals surface area contributed by atoms with E-state index in [1.807, 2.05) is 20.8 Å². The molecule has 0 aliphatic carbocycles. The van der Waals surface area contributed by atoms with Crippen LogP contribution in [-0.4, -0.2) is 56.8 Å². The van der Waals surface area contributed by atoms with E-state index in [1.54, 1.807) is 6.07 Å². The number of halogens is 1. The third-order valence-electron chi connectivity index (χ3n) is 4.43. The Balaban J connectivity index is 1.99. The molecular formula is C19H27FN4O4S. The van der Waals surface area contributed by atoms with Crippen molar-refractivity contribution in [3.63, 3.8) is 0 Å². The van der Waals surface area contributed by atoms with Crippen molar-refractivity contribution in [2.24, 2.45) is 15.1 Å². The molecule has 1 aromatic carbocycles. The van der Waals surface area contributed by atoms with Crippen molar-refractivity contribution < 1.29 is 22.3 Å². The van der Waals surface area contributed by atoms with E-state index in [4.69, 9.17) is 10.5 Å². The number of amides is 1. The van der Waals surface area contributed by atoms with Crippen LogP contribution in [0.25, 0.3) is 0 Å². The fourth-order valence-corrected chi connectivity index (χ4v) is 3.15.